The van der Waals surface area contributed by atoms with Crippen LogP contribution in [0.2, 0.25) is 0 Å². The Kier molecular flexibility index (Phi) is 5.07. The van der Waals surface area contributed by atoms with Crippen molar-refractivity contribution in [1.82, 2.24) is 20.5 Å². The second kappa shape index (κ2) is 7.47. The third-order valence-corrected chi connectivity index (χ3v) is 6.77. The van der Waals surface area contributed by atoms with Crippen LogP contribution in [0, 0.1) is 5.41 Å². The normalized spacial score (nSPS) is 22.6. The molecule has 6 heteroatoms. The number of nitrogens with zero attached hydrogens (tertiary/aromatic N) is 2. The number of likely N-dealkylation sites (N-methyl/N-ethyl adjacent to an activating group) is 1. The molecule has 0 saturated carbocycles. The van der Waals surface area contributed by atoms with Gasteiger partial charge in [0.2, 0.25) is 5.91 Å². The molecular formula is C20H26N4OS. The van der Waals surface area contributed by atoms with Crippen LogP contribution in [0.1, 0.15) is 24.1 Å². The number of rotatable bonds is 4. The van der Waals surface area contributed by atoms with E-state index in [1.54, 1.807) is 11.3 Å². The molecule has 1 spiro atoms. The monoisotopic (exact) mass is 370 g/mol. The summed E-state index contributed by atoms with van der Waals surface area (Å²) in [6.45, 7) is 3.74. The third-order valence-electron chi connectivity index (χ3n) is 5.72. The molecule has 1 aromatic carbocycles. The smallest absolute Gasteiger partial charge is 0.237 e. The molecule has 0 unspecified atom stereocenters. The van der Waals surface area contributed by atoms with Crippen molar-refractivity contribution < 1.29 is 4.79 Å². The van der Waals surface area contributed by atoms with Crippen molar-refractivity contribution in [2.45, 2.75) is 31.8 Å². The highest BCUT2D eigenvalue weighted by molar-refractivity contribution is 7.15. The van der Waals surface area contributed by atoms with Crippen molar-refractivity contribution in [3.05, 3.63) is 41.4 Å². The van der Waals surface area contributed by atoms with Gasteiger partial charge in [0.1, 0.15) is 5.01 Å². The molecule has 1 aromatic heterocycles. The van der Waals surface area contributed by atoms with Crippen LogP contribution in [0.15, 0.2) is 36.5 Å². The second-order valence-electron chi connectivity index (χ2n) is 7.60. The van der Waals surface area contributed by atoms with Crippen molar-refractivity contribution in [2.75, 3.05) is 26.7 Å². The van der Waals surface area contributed by atoms with E-state index < -0.39 is 0 Å². The summed E-state index contributed by atoms with van der Waals surface area (Å²) in [5, 5.41) is 7.57. The molecule has 1 atom stereocenters. The van der Waals surface area contributed by atoms with Crippen LogP contribution < -0.4 is 10.6 Å². The maximum atomic E-state index is 12.7. The number of piperidine rings is 1. The zero-order valence-corrected chi connectivity index (χ0v) is 16.0. The van der Waals surface area contributed by atoms with Gasteiger partial charge in [-0.1, -0.05) is 30.3 Å². The summed E-state index contributed by atoms with van der Waals surface area (Å²) in [6.07, 6.45) is 5.21. The summed E-state index contributed by atoms with van der Waals surface area (Å²) in [5.41, 5.74) is 1.45. The lowest BCUT2D eigenvalue weighted by atomic mass is 9.77. The predicted octanol–water partition coefficient (Wildman–Crippen LogP) is 2.50. The fourth-order valence-corrected chi connectivity index (χ4v) is 5.13. The van der Waals surface area contributed by atoms with Gasteiger partial charge in [-0.05, 0) is 44.8 Å². The van der Waals surface area contributed by atoms with E-state index in [1.165, 1.54) is 12.8 Å². The van der Waals surface area contributed by atoms with E-state index in [-0.39, 0.29) is 11.9 Å². The molecule has 5 nitrogen and oxygen atoms in total. The van der Waals surface area contributed by atoms with E-state index in [0.717, 1.165) is 41.5 Å². The Morgan fingerprint density at radius 1 is 1.35 bits per heavy atom. The maximum absolute atomic E-state index is 12.7. The highest BCUT2D eigenvalue weighted by atomic mass is 32.1. The van der Waals surface area contributed by atoms with E-state index in [4.69, 9.17) is 0 Å². The molecule has 0 radical (unpaired) electrons. The van der Waals surface area contributed by atoms with Crippen molar-refractivity contribution in [2.24, 2.45) is 5.41 Å². The highest BCUT2D eigenvalue weighted by Crippen LogP contribution is 2.41. The number of carbonyl (C=O) groups excluding carboxylic acids is 1. The Hall–Kier alpha value is -1.76. The molecule has 3 heterocycles. The molecule has 2 aromatic rings. The Labute approximate surface area is 158 Å². The number of amides is 1. The van der Waals surface area contributed by atoms with Crippen LogP contribution >= 0.6 is 11.3 Å². The molecule has 2 N–H and O–H groups in total. The molecule has 26 heavy (non-hydrogen) atoms. The predicted molar refractivity (Wildman–Crippen MR) is 105 cm³/mol. The van der Waals surface area contributed by atoms with Gasteiger partial charge in [0.25, 0.3) is 0 Å². The first kappa shape index (κ1) is 17.6. The lowest BCUT2D eigenvalue weighted by Crippen LogP contribution is -2.40. The van der Waals surface area contributed by atoms with Gasteiger partial charge in [-0.3, -0.25) is 9.69 Å². The molecule has 2 fully saturated rings. The van der Waals surface area contributed by atoms with Gasteiger partial charge in [0, 0.05) is 23.2 Å². The van der Waals surface area contributed by atoms with Crippen molar-refractivity contribution >= 4 is 17.2 Å². The minimum absolute atomic E-state index is 0.00499. The molecule has 138 valence electrons. The standard InChI is InChI=1S/C20H26N4OS/c1-24-14-20(7-9-21-10-8-20)11-17(24)18(25)22-12-16-13-23-19(26-16)15-5-3-2-4-6-15/h2-6,13,17,21H,7-12,14H2,1H3,(H,22,25)/t17-/m1/s1. The Balaban J connectivity index is 1.35. The van der Waals surface area contributed by atoms with Gasteiger partial charge in [-0.25, -0.2) is 4.98 Å². The summed E-state index contributed by atoms with van der Waals surface area (Å²) in [7, 11) is 2.08. The zero-order valence-electron chi connectivity index (χ0n) is 15.2. The molecule has 2 saturated heterocycles. The van der Waals surface area contributed by atoms with Crippen LogP contribution in [0.3, 0.4) is 0 Å². The number of hydrogen-bond donors (Lipinski definition) is 2. The van der Waals surface area contributed by atoms with E-state index in [0.29, 0.717) is 12.0 Å². The van der Waals surface area contributed by atoms with Crippen molar-refractivity contribution in [1.29, 1.82) is 0 Å². The fourth-order valence-electron chi connectivity index (χ4n) is 4.28. The quantitative estimate of drug-likeness (QED) is 0.868. The van der Waals surface area contributed by atoms with Gasteiger partial charge in [0.15, 0.2) is 0 Å². The maximum Gasteiger partial charge on any atom is 0.237 e. The van der Waals surface area contributed by atoms with E-state index >= 15 is 0 Å². The molecule has 1 amide bonds. The second-order valence-corrected chi connectivity index (χ2v) is 8.72. The minimum atomic E-state index is -0.00499. The molecule has 2 aliphatic rings. The zero-order chi connectivity index (χ0) is 18.0. The topological polar surface area (TPSA) is 57.3 Å². The van der Waals surface area contributed by atoms with Crippen molar-refractivity contribution in [3.63, 3.8) is 0 Å². The number of likely N-dealkylation sites (tertiary alicyclic amines) is 1. The van der Waals surface area contributed by atoms with Gasteiger partial charge >= 0.3 is 0 Å². The van der Waals surface area contributed by atoms with E-state index in [1.807, 2.05) is 24.4 Å². The summed E-state index contributed by atoms with van der Waals surface area (Å²) in [6, 6.07) is 10.2. The Bertz CT molecular complexity index is 754. The first-order chi connectivity index (χ1) is 12.7. The number of aromatic nitrogens is 1. The van der Waals surface area contributed by atoms with E-state index in [9.17, 15) is 4.79 Å². The Morgan fingerprint density at radius 3 is 2.88 bits per heavy atom. The summed E-state index contributed by atoms with van der Waals surface area (Å²) in [5.74, 6) is 0.151. The SMILES string of the molecule is CN1CC2(CCNCC2)C[C@@H]1C(=O)NCc1cnc(-c2ccccc2)s1. The molecule has 0 aliphatic carbocycles. The lowest BCUT2D eigenvalue weighted by molar-refractivity contribution is -0.125. The first-order valence-electron chi connectivity index (χ1n) is 9.34. The van der Waals surface area contributed by atoms with Gasteiger partial charge in [-0.15, -0.1) is 11.3 Å². The summed E-state index contributed by atoms with van der Waals surface area (Å²) < 4.78 is 0. The van der Waals surface area contributed by atoms with Crippen LogP contribution in [0.5, 0.6) is 0 Å². The van der Waals surface area contributed by atoms with Gasteiger partial charge in [-0.2, -0.15) is 0 Å². The number of nitrogens with one attached hydrogen (secondary N) is 2. The van der Waals surface area contributed by atoms with Gasteiger partial charge < -0.3 is 10.6 Å². The first-order valence-corrected chi connectivity index (χ1v) is 10.2. The van der Waals surface area contributed by atoms with Crippen LogP contribution in [0.4, 0.5) is 0 Å². The minimum Gasteiger partial charge on any atom is -0.350 e. The van der Waals surface area contributed by atoms with Crippen molar-refractivity contribution in [3.8, 4) is 10.6 Å². The largest absolute Gasteiger partial charge is 0.350 e. The van der Waals surface area contributed by atoms with Gasteiger partial charge in [0.05, 0.1) is 12.6 Å². The van der Waals surface area contributed by atoms with Crippen LogP contribution in [-0.2, 0) is 11.3 Å². The number of benzene rings is 1. The average molecular weight is 371 g/mol. The fraction of sp³-hybridized carbons (Fsp3) is 0.500. The average Bonchev–Trinajstić information content (AvgIpc) is 3.26. The Morgan fingerprint density at radius 2 is 2.12 bits per heavy atom. The molecule has 2 aliphatic heterocycles. The summed E-state index contributed by atoms with van der Waals surface area (Å²) >= 11 is 1.65. The highest BCUT2D eigenvalue weighted by Gasteiger charge is 2.45. The molecular weight excluding hydrogens is 344 g/mol. The van der Waals surface area contributed by atoms with Crippen LogP contribution in [-0.4, -0.2) is 48.5 Å². The molecule has 0 bridgehead atoms. The summed E-state index contributed by atoms with van der Waals surface area (Å²) in [4.78, 5) is 20.6. The van der Waals surface area contributed by atoms with E-state index in [2.05, 4.69) is 39.7 Å². The lowest BCUT2D eigenvalue weighted by Gasteiger charge is -2.33. The number of carbonyl (C=O) groups is 1. The molecule has 4 rings (SSSR count). The number of hydrogen-bond acceptors (Lipinski definition) is 5. The van der Waals surface area contributed by atoms with Crippen LogP contribution in [0.25, 0.3) is 10.6 Å². The number of thiazole rings is 1. The third kappa shape index (κ3) is 3.68.